The first-order valence-corrected chi connectivity index (χ1v) is 8.50. The van der Waals surface area contributed by atoms with Crippen molar-refractivity contribution in [1.29, 1.82) is 0 Å². The third-order valence-electron chi connectivity index (χ3n) is 4.44. The summed E-state index contributed by atoms with van der Waals surface area (Å²) in [6.45, 7) is 2.66. The largest absolute Gasteiger partial charge is 0.378 e. The number of hydrogen-bond donors (Lipinski definition) is 1. The van der Waals surface area contributed by atoms with Crippen LogP contribution in [0.2, 0.25) is 5.02 Å². The number of hydrogen-bond acceptors (Lipinski definition) is 3. The van der Waals surface area contributed by atoms with Gasteiger partial charge in [-0.25, -0.2) is 0 Å². The average Bonchev–Trinajstić information content (AvgIpc) is 3.16. The minimum Gasteiger partial charge on any atom is -0.378 e. The van der Waals surface area contributed by atoms with Crippen LogP contribution in [0.3, 0.4) is 0 Å². The zero-order chi connectivity index (χ0) is 15.4. The van der Waals surface area contributed by atoms with E-state index in [4.69, 9.17) is 16.3 Å². The molecule has 2 fully saturated rings. The van der Waals surface area contributed by atoms with Crippen LogP contribution in [0, 0.1) is 0 Å². The number of rotatable bonds is 5. The van der Waals surface area contributed by atoms with Gasteiger partial charge in [-0.3, -0.25) is 4.79 Å². The van der Waals surface area contributed by atoms with E-state index in [1.807, 2.05) is 18.2 Å². The Labute approximate surface area is 136 Å². The summed E-state index contributed by atoms with van der Waals surface area (Å²) >= 11 is 6.04. The third-order valence-corrected chi connectivity index (χ3v) is 4.68. The summed E-state index contributed by atoms with van der Waals surface area (Å²) in [5.41, 5.74) is 1.13. The molecule has 2 aliphatic heterocycles. The second kappa shape index (κ2) is 7.34. The number of halogens is 1. The Morgan fingerprint density at radius 1 is 1.41 bits per heavy atom. The fraction of sp³-hybridized carbons (Fsp3) is 0.588. The molecule has 5 heteroatoms. The molecule has 2 atom stereocenters. The van der Waals surface area contributed by atoms with Crippen molar-refractivity contribution in [3.05, 3.63) is 29.3 Å². The number of ether oxygens (including phenoxy) is 1. The second-order valence-corrected chi connectivity index (χ2v) is 6.59. The predicted octanol–water partition coefficient (Wildman–Crippen LogP) is 2.99. The highest BCUT2D eigenvalue weighted by Crippen LogP contribution is 2.23. The van der Waals surface area contributed by atoms with Crippen molar-refractivity contribution in [3.63, 3.8) is 0 Å². The molecular weight excluding hydrogens is 300 g/mol. The molecule has 0 aromatic heterocycles. The van der Waals surface area contributed by atoms with Crippen molar-refractivity contribution in [1.82, 2.24) is 5.32 Å². The summed E-state index contributed by atoms with van der Waals surface area (Å²) in [6, 6.07) is 8.11. The Bertz CT molecular complexity index is 517. The molecule has 0 saturated carbocycles. The SMILES string of the molecule is O=C(CC[C@@H]1CCCO1)N[C@@H]1CCN(c2cccc(Cl)c2)C1. The highest BCUT2D eigenvalue weighted by Gasteiger charge is 2.24. The van der Waals surface area contributed by atoms with Crippen molar-refractivity contribution < 1.29 is 9.53 Å². The first kappa shape index (κ1) is 15.6. The number of anilines is 1. The molecule has 3 rings (SSSR count). The first-order valence-electron chi connectivity index (χ1n) is 8.12. The van der Waals surface area contributed by atoms with Gasteiger partial charge in [0.2, 0.25) is 5.91 Å². The molecule has 2 heterocycles. The molecule has 1 aromatic rings. The minimum atomic E-state index is 0.147. The predicted molar refractivity (Wildman–Crippen MR) is 88.4 cm³/mol. The molecule has 0 unspecified atom stereocenters. The molecule has 22 heavy (non-hydrogen) atoms. The molecular formula is C17H23ClN2O2. The third kappa shape index (κ3) is 4.14. The summed E-state index contributed by atoms with van der Waals surface area (Å²) in [5.74, 6) is 0.147. The Morgan fingerprint density at radius 3 is 3.09 bits per heavy atom. The van der Waals surface area contributed by atoms with Crippen molar-refractivity contribution in [3.8, 4) is 0 Å². The van der Waals surface area contributed by atoms with Gasteiger partial charge in [-0.2, -0.15) is 0 Å². The van der Waals surface area contributed by atoms with Gasteiger partial charge in [0.1, 0.15) is 0 Å². The molecule has 1 N–H and O–H groups in total. The van der Waals surface area contributed by atoms with E-state index in [0.717, 1.165) is 56.1 Å². The van der Waals surface area contributed by atoms with Crippen LogP contribution >= 0.6 is 11.6 Å². The monoisotopic (exact) mass is 322 g/mol. The van der Waals surface area contributed by atoms with Crippen molar-refractivity contribution >= 4 is 23.2 Å². The molecule has 0 radical (unpaired) electrons. The number of carbonyl (C=O) groups excluding carboxylic acids is 1. The summed E-state index contributed by atoms with van der Waals surface area (Å²) in [4.78, 5) is 14.3. The molecule has 120 valence electrons. The molecule has 0 bridgehead atoms. The zero-order valence-electron chi connectivity index (χ0n) is 12.8. The topological polar surface area (TPSA) is 41.6 Å². The van der Waals surface area contributed by atoms with Crippen LogP contribution in [-0.2, 0) is 9.53 Å². The molecule has 0 aliphatic carbocycles. The van der Waals surface area contributed by atoms with E-state index in [-0.39, 0.29) is 18.1 Å². The maximum Gasteiger partial charge on any atom is 0.220 e. The lowest BCUT2D eigenvalue weighted by Gasteiger charge is -2.19. The van der Waals surface area contributed by atoms with E-state index < -0.39 is 0 Å². The maximum atomic E-state index is 12.0. The highest BCUT2D eigenvalue weighted by atomic mass is 35.5. The Morgan fingerprint density at radius 2 is 2.32 bits per heavy atom. The molecule has 2 aliphatic rings. The van der Waals surface area contributed by atoms with Crippen molar-refractivity contribution in [2.24, 2.45) is 0 Å². The van der Waals surface area contributed by atoms with E-state index >= 15 is 0 Å². The summed E-state index contributed by atoms with van der Waals surface area (Å²) in [5, 5.41) is 3.90. The first-order chi connectivity index (χ1) is 10.7. The quantitative estimate of drug-likeness (QED) is 0.906. The van der Waals surface area contributed by atoms with Gasteiger partial charge < -0.3 is 15.0 Å². The van der Waals surface area contributed by atoms with Gasteiger partial charge >= 0.3 is 0 Å². The van der Waals surface area contributed by atoms with E-state index in [0.29, 0.717) is 6.42 Å². The van der Waals surface area contributed by atoms with Crippen LogP contribution in [0.15, 0.2) is 24.3 Å². The molecule has 1 aromatic carbocycles. The van der Waals surface area contributed by atoms with E-state index in [1.54, 1.807) is 0 Å². The average molecular weight is 323 g/mol. The standard InChI is InChI=1S/C17H23ClN2O2/c18-13-3-1-4-15(11-13)20-9-8-14(12-20)19-17(21)7-6-16-5-2-10-22-16/h1,3-4,11,14,16H,2,5-10,12H2,(H,19,21)/t14-,16+/m1/s1. The summed E-state index contributed by atoms with van der Waals surface area (Å²) in [6.07, 6.45) is 4.91. The van der Waals surface area contributed by atoms with E-state index in [9.17, 15) is 4.79 Å². The van der Waals surface area contributed by atoms with Crippen LogP contribution in [0.5, 0.6) is 0 Å². The van der Waals surface area contributed by atoms with E-state index in [2.05, 4.69) is 16.3 Å². The zero-order valence-corrected chi connectivity index (χ0v) is 13.5. The van der Waals surface area contributed by atoms with Gasteiger partial charge in [-0.15, -0.1) is 0 Å². The number of amides is 1. The van der Waals surface area contributed by atoms with Gasteiger partial charge in [0, 0.05) is 42.9 Å². The van der Waals surface area contributed by atoms with Crippen molar-refractivity contribution in [2.45, 2.75) is 44.2 Å². The maximum absolute atomic E-state index is 12.0. The van der Waals surface area contributed by atoms with Gasteiger partial charge in [-0.05, 0) is 43.9 Å². The number of carbonyl (C=O) groups is 1. The van der Waals surface area contributed by atoms with Gasteiger partial charge in [0.05, 0.1) is 6.10 Å². The molecule has 4 nitrogen and oxygen atoms in total. The lowest BCUT2D eigenvalue weighted by Crippen LogP contribution is -2.37. The van der Waals surface area contributed by atoms with Crippen LogP contribution in [-0.4, -0.2) is 37.7 Å². The fourth-order valence-electron chi connectivity index (χ4n) is 3.25. The number of nitrogens with one attached hydrogen (secondary N) is 1. The van der Waals surface area contributed by atoms with Gasteiger partial charge in [0.25, 0.3) is 0 Å². The second-order valence-electron chi connectivity index (χ2n) is 6.15. The molecule has 2 saturated heterocycles. The smallest absolute Gasteiger partial charge is 0.220 e. The number of nitrogens with zero attached hydrogens (tertiary/aromatic N) is 1. The Kier molecular flexibility index (Phi) is 5.21. The Balaban J connectivity index is 1.43. The van der Waals surface area contributed by atoms with Crippen molar-refractivity contribution in [2.75, 3.05) is 24.6 Å². The Hall–Kier alpha value is -1.26. The lowest BCUT2D eigenvalue weighted by molar-refractivity contribution is -0.122. The summed E-state index contributed by atoms with van der Waals surface area (Å²) < 4.78 is 5.56. The molecule has 0 spiro atoms. The number of benzene rings is 1. The normalized spacial score (nSPS) is 24.7. The molecule has 1 amide bonds. The van der Waals surface area contributed by atoms with Crippen LogP contribution in [0.25, 0.3) is 0 Å². The van der Waals surface area contributed by atoms with Gasteiger partial charge in [-0.1, -0.05) is 17.7 Å². The highest BCUT2D eigenvalue weighted by molar-refractivity contribution is 6.30. The van der Waals surface area contributed by atoms with Crippen LogP contribution in [0.4, 0.5) is 5.69 Å². The van der Waals surface area contributed by atoms with Crippen LogP contribution in [0.1, 0.15) is 32.1 Å². The van der Waals surface area contributed by atoms with E-state index in [1.165, 1.54) is 0 Å². The summed E-state index contributed by atoms with van der Waals surface area (Å²) in [7, 11) is 0. The van der Waals surface area contributed by atoms with Crippen LogP contribution < -0.4 is 10.2 Å². The fourth-order valence-corrected chi connectivity index (χ4v) is 3.43. The van der Waals surface area contributed by atoms with Gasteiger partial charge in [0.15, 0.2) is 0 Å². The lowest BCUT2D eigenvalue weighted by atomic mass is 10.1. The minimum absolute atomic E-state index is 0.147.